The lowest BCUT2D eigenvalue weighted by atomic mass is 10.1. The Morgan fingerprint density at radius 1 is 1.14 bits per heavy atom. The summed E-state index contributed by atoms with van der Waals surface area (Å²) in [6.07, 6.45) is 0. The van der Waals surface area contributed by atoms with Crippen LogP contribution in [0.3, 0.4) is 0 Å². The lowest BCUT2D eigenvalue weighted by Crippen LogP contribution is -2.08. The van der Waals surface area contributed by atoms with Gasteiger partial charge in [0, 0.05) is 8.95 Å². The summed E-state index contributed by atoms with van der Waals surface area (Å²) in [6.45, 7) is -0.291. The van der Waals surface area contributed by atoms with Crippen LogP contribution < -0.4 is 4.74 Å². The minimum atomic E-state index is -0.557. The molecule has 6 heteroatoms. The third kappa shape index (κ3) is 3.84. The molecule has 4 nitrogen and oxygen atoms in total. The Kier molecular flexibility index (Phi) is 5.39. The number of benzene rings is 2. The Balaban J connectivity index is 2.48. The molecule has 0 radical (unpaired) electrons. The highest BCUT2D eigenvalue weighted by molar-refractivity contribution is 9.10. The fourth-order valence-corrected chi connectivity index (χ4v) is 2.55. The van der Waals surface area contributed by atoms with Gasteiger partial charge in [-0.1, -0.05) is 31.9 Å². The minimum absolute atomic E-state index is 0.214. The Morgan fingerprint density at radius 2 is 1.81 bits per heavy atom. The van der Waals surface area contributed by atoms with Gasteiger partial charge in [-0.05, 0) is 42.0 Å². The minimum Gasteiger partial charge on any atom is -0.465 e. The summed E-state index contributed by atoms with van der Waals surface area (Å²) in [7, 11) is 1.29. The Hall–Kier alpha value is -1.37. The molecule has 0 aliphatic carbocycles. The highest BCUT2D eigenvalue weighted by Gasteiger charge is 2.19. The maximum atomic E-state index is 11.9. The van der Waals surface area contributed by atoms with Gasteiger partial charge in [0.05, 0.1) is 13.7 Å². The Bertz CT molecular complexity index is 653. The largest absolute Gasteiger partial charge is 0.465 e. The van der Waals surface area contributed by atoms with Gasteiger partial charge in [0.25, 0.3) is 0 Å². The van der Waals surface area contributed by atoms with Gasteiger partial charge in [-0.15, -0.1) is 0 Å². The van der Waals surface area contributed by atoms with Crippen LogP contribution in [0, 0.1) is 0 Å². The number of aliphatic hydroxyl groups is 1. The van der Waals surface area contributed by atoms with Crippen molar-refractivity contribution in [2.24, 2.45) is 0 Å². The van der Waals surface area contributed by atoms with E-state index in [0.717, 1.165) is 4.47 Å². The number of methoxy groups -OCH3 is 1. The number of esters is 1. The third-order valence-electron chi connectivity index (χ3n) is 2.75. The highest BCUT2D eigenvalue weighted by atomic mass is 79.9. The van der Waals surface area contributed by atoms with Crippen molar-refractivity contribution in [3.05, 3.63) is 56.5 Å². The molecular formula is C15H12Br2O4. The lowest BCUT2D eigenvalue weighted by molar-refractivity contribution is 0.0594. The molecule has 1 N–H and O–H groups in total. The number of ether oxygens (including phenoxy) is 2. The first-order chi connectivity index (χ1) is 10.0. The van der Waals surface area contributed by atoms with Gasteiger partial charge in [0.15, 0.2) is 0 Å². The first kappa shape index (κ1) is 16.0. The summed E-state index contributed by atoms with van der Waals surface area (Å²) in [5.41, 5.74) is 0.648. The number of aliphatic hydroxyl groups excluding tert-OH is 1. The molecule has 0 saturated heterocycles. The molecule has 0 spiro atoms. The lowest BCUT2D eigenvalue weighted by Gasteiger charge is -2.14. The quantitative estimate of drug-likeness (QED) is 0.757. The van der Waals surface area contributed by atoms with E-state index in [1.54, 1.807) is 24.3 Å². The van der Waals surface area contributed by atoms with E-state index in [4.69, 9.17) is 9.47 Å². The maximum Gasteiger partial charge on any atom is 0.342 e. The van der Waals surface area contributed by atoms with Gasteiger partial charge in [0.1, 0.15) is 17.1 Å². The maximum absolute atomic E-state index is 11.9. The molecular weight excluding hydrogens is 404 g/mol. The average Bonchev–Trinajstić information content (AvgIpc) is 2.48. The molecule has 0 heterocycles. The van der Waals surface area contributed by atoms with Crippen LogP contribution in [0.5, 0.6) is 11.5 Å². The second-order valence-electron chi connectivity index (χ2n) is 4.14. The molecule has 0 bridgehead atoms. The van der Waals surface area contributed by atoms with E-state index in [9.17, 15) is 9.90 Å². The molecule has 0 aromatic heterocycles. The van der Waals surface area contributed by atoms with Crippen molar-refractivity contribution < 1.29 is 19.4 Å². The van der Waals surface area contributed by atoms with Crippen molar-refractivity contribution in [1.82, 2.24) is 0 Å². The fourth-order valence-electron chi connectivity index (χ4n) is 1.80. The van der Waals surface area contributed by atoms with E-state index in [0.29, 0.717) is 21.5 Å². The normalized spacial score (nSPS) is 10.3. The van der Waals surface area contributed by atoms with Gasteiger partial charge in [-0.3, -0.25) is 0 Å². The standard InChI is InChI=1S/C15H12Br2O4/c1-20-15(19)14-9(8-18)6-11(17)7-13(14)21-12-4-2-10(16)3-5-12/h2-7,18H,8H2,1H3. The van der Waals surface area contributed by atoms with Gasteiger partial charge in [-0.25, -0.2) is 4.79 Å². The number of carbonyl (C=O) groups excluding carboxylic acids is 1. The zero-order chi connectivity index (χ0) is 15.4. The summed E-state index contributed by atoms with van der Waals surface area (Å²) in [6, 6.07) is 10.5. The molecule has 0 atom stereocenters. The van der Waals surface area contributed by atoms with E-state index >= 15 is 0 Å². The number of halogens is 2. The zero-order valence-electron chi connectivity index (χ0n) is 11.1. The number of rotatable bonds is 4. The summed E-state index contributed by atoms with van der Waals surface area (Å²) in [4.78, 5) is 11.9. The molecule has 21 heavy (non-hydrogen) atoms. The predicted molar refractivity (Wildman–Crippen MR) is 85.6 cm³/mol. The van der Waals surface area contributed by atoms with Crippen molar-refractivity contribution >= 4 is 37.8 Å². The molecule has 0 fully saturated rings. The van der Waals surface area contributed by atoms with Gasteiger partial charge in [0.2, 0.25) is 0 Å². The molecule has 0 saturated carbocycles. The van der Waals surface area contributed by atoms with Crippen molar-refractivity contribution in [3.8, 4) is 11.5 Å². The predicted octanol–water partition coefficient (Wildman–Crippen LogP) is 4.28. The summed E-state index contributed by atoms with van der Waals surface area (Å²) >= 11 is 6.68. The molecule has 0 aliphatic heterocycles. The molecule has 2 aromatic rings. The number of hydrogen-bond donors (Lipinski definition) is 1. The van der Waals surface area contributed by atoms with E-state index in [2.05, 4.69) is 31.9 Å². The fraction of sp³-hybridized carbons (Fsp3) is 0.133. The molecule has 2 rings (SSSR count). The van der Waals surface area contributed by atoms with Gasteiger partial charge in [-0.2, -0.15) is 0 Å². The second-order valence-corrected chi connectivity index (χ2v) is 5.98. The van der Waals surface area contributed by atoms with Gasteiger partial charge < -0.3 is 14.6 Å². The molecule has 2 aromatic carbocycles. The van der Waals surface area contributed by atoms with E-state index in [1.807, 2.05) is 12.1 Å². The summed E-state index contributed by atoms with van der Waals surface area (Å²) in [5, 5.41) is 9.42. The second kappa shape index (κ2) is 7.06. The van der Waals surface area contributed by atoms with Crippen LogP contribution in [-0.4, -0.2) is 18.2 Å². The van der Waals surface area contributed by atoms with E-state index in [1.165, 1.54) is 7.11 Å². The van der Waals surface area contributed by atoms with E-state index < -0.39 is 5.97 Å². The van der Waals surface area contributed by atoms with Crippen LogP contribution in [0.4, 0.5) is 0 Å². The topological polar surface area (TPSA) is 55.8 Å². The van der Waals surface area contributed by atoms with Gasteiger partial charge >= 0.3 is 5.97 Å². The van der Waals surface area contributed by atoms with Crippen LogP contribution >= 0.6 is 31.9 Å². The zero-order valence-corrected chi connectivity index (χ0v) is 14.3. The van der Waals surface area contributed by atoms with Crippen molar-refractivity contribution in [2.75, 3.05) is 7.11 Å². The highest BCUT2D eigenvalue weighted by Crippen LogP contribution is 2.32. The monoisotopic (exact) mass is 414 g/mol. The van der Waals surface area contributed by atoms with Crippen LogP contribution in [0.1, 0.15) is 15.9 Å². The molecule has 0 aliphatic rings. The Morgan fingerprint density at radius 3 is 2.38 bits per heavy atom. The van der Waals surface area contributed by atoms with Crippen LogP contribution in [0.2, 0.25) is 0 Å². The van der Waals surface area contributed by atoms with Crippen molar-refractivity contribution in [2.45, 2.75) is 6.61 Å². The number of hydrogen-bond acceptors (Lipinski definition) is 4. The molecule has 110 valence electrons. The summed E-state index contributed by atoms with van der Waals surface area (Å²) in [5.74, 6) is 0.339. The van der Waals surface area contributed by atoms with E-state index in [-0.39, 0.29) is 12.2 Å². The third-order valence-corrected chi connectivity index (χ3v) is 3.74. The SMILES string of the molecule is COC(=O)c1c(CO)cc(Br)cc1Oc1ccc(Br)cc1. The van der Waals surface area contributed by atoms with Crippen LogP contribution in [0.25, 0.3) is 0 Å². The average molecular weight is 416 g/mol. The Labute approximate surface area is 139 Å². The van der Waals surface area contributed by atoms with Crippen molar-refractivity contribution in [1.29, 1.82) is 0 Å². The first-order valence-electron chi connectivity index (χ1n) is 6.00. The molecule has 0 amide bonds. The number of carbonyl (C=O) groups is 1. The van der Waals surface area contributed by atoms with Crippen molar-refractivity contribution in [3.63, 3.8) is 0 Å². The molecule has 0 unspecified atom stereocenters. The van der Waals surface area contributed by atoms with Crippen LogP contribution in [0.15, 0.2) is 45.3 Å². The first-order valence-corrected chi connectivity index (χ1v) is 7.58. The van der Waals surface area contributed by atoms with Crippen LogP contribution in [-0.2, 0) is 11.3 Å². The summed E-state index contributed by atoms with van der Waals surface area (Å²) < 4.78 is 12.1. The smallest absolute Gasteiger partial charge is 0.342 e.